The second-order valence-electron chi connectivity index (χ2n) is 0.558. The van der Waals surface area contributed by atoms with Crippen LogP contribution in [-0.2, 0) is 0 Å². The van der Waals surface area contributed by atoms with E-state index in [1.54, 1.807) is 0 Å². The summed E-state index contributed by atoms with van der Waals surface area (Å²) in [5, 5.41) is 1.08. The molecular formula is C3H6Se. The van der Waals surface area contributed by atoms with Gasteiger partial charge in [-0.3, -0.25) is 0 Å². The van der Waals surface area contributed by atoms with Crippen LogP contribution in [0.2, 0.25) is 5.32 Å². The molecule has 0 saturated heterocycles. The Labute approximate surface area is 35.4 Å². The fourth-order valence-electron chi connectivity index (χ4n) is 0. The predicted molar refractivity (Wildman–Crippen MR) is 20.5 cm³/mol. The minimum absolute atomic E-state index is 1.01. The van der Waals surface area contributed by atoms with Gasteiger partial charge < -0.3 is 0 Å². The molecule has 2 radical (unpaired) electrons. The Morgan fingerprint density at radius 2 is 2.00 bits per heavy atom. The molecule has 0 amide bonds. The first-order valence-electron chi connectivity index (χ1n) is 1.29. The van der Waals surface area contributed by atoms with Gasteiger partial charge in [-0.05, 0) is 0 Å². The molecule has 0 atom stereocenters. The van der Waals surface area contributed by atoms with Crippen molar-refractivity contribution in [1.29, 1.82) is 0 Å². The van der Waals surface area contributed by atoms with Crippen molar-refractivity contribution in [2.45, 2.75) is 11.7 Å². The topological polar surface area (TPSA) is 0 Å². The van der Waals surface area contributed by atoms with Crippen molar-refractivity contribution in [3.05, 3.63) is 6.92 Å². The van der Waals surface area contributed by atoms with E-state index >= 15 is 0 Å². The van der Waals surface area contributed by atoms with Crippen molar-refractivity contribution < 1.29 is 0 Å². The summed E-state index contributed by atoms with van der Waals surface area (Å²) in [5.74, 6) is 0. The van der Waals surface area contributed by atoms with Gasteiger partial charge in [-0.15, -0.1) is 0 Å². The Bertz CT molecular complexity index is 5.25. The predicted octanol–water partition coefficient (Wildman–Crippen LogP) is 0.797. The fraction of sp³-hybridized carbons (Fsp3) is 0.667. The Kier molecular flexibility index (Phi) is 3.98. The zero-order valence-electron chi connectivity index (χ0n) is 2.53. The Morgan fingerprint density at radius 1 is 1.75 bits per heavy atom. The Balaban J connectivity index is 1.97. The summed E-state index contributed by atoms with van der Waals surface area (Å²) in [6.45, 7) is 3.57. The van der Waals surface area contributed by atoms with Gasteiger partial charge in [0.15, 0.2) is 0 Å². The van der Waals surface area contributed by atoms with E-state index in [-0.39, 0.29) is 0 Å². The summed E-state index contributed by atoms with van der Waals surface area (Å²) in [6.07, 6.45) is 1.01. The van der Waals surface area contributed by atoms with Crippen LogP contribution in [-0.4, -0.2) is 16.0 Å². The third-order valence-corrected chi connectivity index (χ3v) is 0.750. The van der Waals surface area contributed by atoms with Crippen LogP contribution in [0.3, 0.4) is 0 Å². The molecule has 0 aliphatic rings. The van der Waals surface area contributed by atoms with E-state index in [0.29, 0.717) is 0 Å². The van der Waals surface area contributed by atoms with E-state index in [0.717, 1.165) is 11.7 Å². The van der Waals surface area contributed by atoms with Crippen molar-refractivity contribution in [3.8, 4) is 0 Å². The second kappa shape index (κ2) is 3.52. The molecule has 0 fully saturated rings. The van der Waals surface area contributed by atoms with Gasteiger partial charge in [0.25, 0.3) is 0 Å². The summed E-state index contributed by atoms with van der Waals surface area (Å²) >= 11 is 2.83. The molecule has 0 aliphatic heterocycles. The van der Waals surface area contributed by atoms with Crippen LogP contribution in [0.15, 0.2) is 0 Å². The summed E-state index contributed by atoms with van der Waals surface area (Å²) in [7, 11) is 0. The van der Waals surface area contributed by atoms with Gasteiger partial charge >= 0.3 is 34.7 Å². The molecule has 0 unspecified atom stereocenters. The molecule has 0 nitrogen and oxygen atoms in total. The van der Waals surface area contributed by atoms with Crippen LogP contribution in [0, 0.1) is 6.92 Å². The van der Waals surface area contributed by atoms with Crippen LogP contribution in [0.4, 0.5) is 0 Å². The van der Waals surface area contributed by atoms with E-state index in [1.807, 2.05) is 0 Å². The van der Waals surface area contributed by atoms with Crippen molar-refractivity contribution in [1.82, 2.24) is 0 Å². The first-order chi connectivity index (χ1) is 1.91. The molecule has 0 heterocycles. The van der Waals surface area contributed by atoms with Crippen molar-refractivity contribution in [2.24, 2.45) is 0 Å². The normalized spacial score (nSPS) is 7.50. The average molecular weight is 121 g/mol. The standard InChI is InChI=1S/C3H6Se/c1-2-3-4/h1-3H2. The van der Waals surface area contributed by atoms with E-state index in [9.17, 15) is 0 Å². The minimum atomic E-state index is 1.01. The van der Waals surface area contributed by atoms with Gasteiger partial charge in [0.1, 0.15) is 0 Å². The van der Waals surface area contributed by atoms with Crippen molar-refractivity contribution in [3.63, 3.8) is 0 Å². The van der Waals surface area contributed by atoms with E-state index in [1.165, 1.54) is 0 Å². The molecular weight excluding hydrogens is 115 g/mol. The number of hydrogen-bond acceptors (Lipinski definition) is 0. The first kappa shape index (κ1) is 4.52. The van der Waals surface area contributed by atoms with Gasteiger partial charge in [0, 0.05) is 0 Å². The SMILES string of the molecule is [CH2]CC[Se]. The number of hydrogen-bond donors (Lipinski definition) is 0. The fourth-order valence-corrected chi connectivity index (χ4v) is 0. The third-order valence-electron chi connectivity index (χ3n) is 0.144. The van der Waals surface area contributed by atoms with Crippen molar-refractivity contribution in [2.75, 3.05) is 0 Å². The summed E-state index contributed by atoms with van der Waals surface area (Å²) in [6, 6.07) is 0. The molecule has 0 spiro atoms. The zero-order chi connectivity index (χ0) is 3.41. The molecule has 0 bridgehead atoms. The molecule has 0 aliphatic carbocycles. The van der Waals surface area contributed by atoms with Crippen LogP contribution < -0.4 is 0 Å². The van der Waals surface area contributed by atoms with E-state index in [4.69, 9.17) is 0 Å². The van der Waals surface area contributed by atoms with Gasteiger partial charge in [0.2, 0.25) is 0 Å². The molecule has 0 aromatic heterocycles. The summed E-state index contributed by atoms with van der Waals surface area (Å²) in [4.78, 5) is 0. The van der Waals surface area contributed by atoms with Gasteiger partial charge in [-0.2, -0.15) is 0 Å². The van der Waals surface area contributed by atoms with Gasteiger partial charge in [0.05, 0.1) is 0 Å². The Morgan fingerprint density at radius 3 is 2.00 bits per heavy atom. The maximum atomic E-state index is 3.57. The van der Waals surface area contributed by atoms with Crippen LogP contribution >= 0.6 is 0 Å². The molecule has 24 valence electrons. The van der Waals surface area contributed by atoms with E-state index < -0.39 is 0 Å². The molecule has 0 N–H and O–H groups in total. The van der Waals surface area contributed by atoms with Crippen LogP contribution in [0.1, 0.15) is 6.42 Å². The second-order valence-corrected chi connectivity index (χ2v) is 1.41. The maximum absolute atomic E-state index is 3.57. The van der Waals surface area contributed by atoms with Crippen LogP contribution in [0.5, 0.6) is 0 Å². The quantitative estimate of drug-likeness (QED) is 0.450. The molecule has 1 heteroatoms. The zero-order valence-corrected chi connectivity index (χ0v) is 4.24. The molecule has 0 aromatic rings. The van der Waals surface area contributed by atoms with E-state index in [2.05, 4.69) is 22.9 Å². The monoisotopic (exact) mass is 122 g/mol. The molecule has 0 saturated carbocycles. The van der Waals surface area contributed by atoms with Crippen molar-refractivity contribution >= 4 is 16.0 Å². The summed E-state index contributed by atoms with van der Waals surface area (Å²) < 4.78 is 0. The molecule has 4 heavy (non-hydrogen) atoms. The first-order valence-corrected chi connectivity index (χ1v) is 2.50. The summed E-state index contributed by atoms with van der Waals surface area (Å²) in [5.41, 5.74) is 0. The third kappa shape index (κ3) is 2.52. The average Bonchev–Trinajstić information content (AvgIpc) is 1.37. The van der Waals surface area contributed by atoms with Gasteiger partial charge in [-0.1, -0.05) is 0 Å². The molecule has 0 aromatic carbocycles. The molecule has 0 rings (SSSR count). The number of rotatable bonds is 1. The van der Waals surface area contributed by atoms with Gasteiger partial charge in [-0.25, -0.2) is 0 Å². The Hall–Kier alpha value is 0.519. The van der Waals surface area contributed by atoms with Crippen LogP contribution in [0.25, 0.3) is 0 Å².